The smallest absolute Gasteiger partial charge is 0.343 e. The van der Waals surface area contributed by atoms with Gasteiger partial charge in [0.1, 0.15) is 6.61 Å². The first-order valence-corrected chi connectivity index (χ1v) is 8.12. The number of hydrogen-bond acceptors (Lipinski definition) is 5. The SMILES string of the molecule is CC[C@](O)(C(=O)OCC1=CCN2CC[C@@H](O)[C@@H]12)c1ccccc1. The fourth-order valence-corrected chi connectivity index (χ4v) is 3.47. The van der Waals surface area contributed by atoms with Crippen molar-refractivity contribution < 1.29 is 19.7 Å². The first kappa shape index (κ1) is 16.2. The summed E-state index contributed by atoms with van der Waals surface area (Å²) in [6.45, 7) is 3.52. The Morgan fingerprint density at radius 2 is 2.13 bits per heavy atom. The molecule has 0 radical (unpaired) electrons. The monoisotopic (exact) mass is 317 g/mol. The zero-order chi connectivity index (χ0) is 16.4. The molecule has 0 bridgehead atoms. The standard InChI is InChI=1S/C18H23NO4/c1-2-18(22,14-6-4-3-5-7-14)17(21)23-12-13-8-10-19-11-9-15(20)16(13)19/h3-8,15-16,20,22H,2,9-12H2,1H3/t15-,16-,18-/m1/s1. The molecule has 2 aliphatic heterocycles. The maximum Gasteiger partial charge on any atom is 0.343 e. The van der Waals surface area contributed by atoms with E-state index in [0.717, 1.165) is 25.1 Å². The molecule has 1 aromatic rings. The number of esters is 1. The fourth-order valence-electron chi connectivity index (χ4n) is 3.47. The Morgan fingerprint density at radius 3 is 2.83 bits per heavy atom. The zero-order valence-corrected chi connectivity index (χ0v) is 13.3. The predicted octanol–water partition coefficient (Wildman–Crippen LogP) is 1.20. The van der Waals surface area contributed by atoms with Gasteiger partial charge in [-0.1, -0.05) is 43.3 Å². The van der Waals surface area contributed by atoms with Gasteiger partial charge in [0.15, 0.2) is 5.60 Å². The molecular formula is C18H23NO4. The molecule has 0 unspecified atom stereocenters. The fraction of sp³-hybridized carbons (Fsp3) is 0.500. The van der Waals surface area contributed by atoms with Crippen LogP contribution in [0.15, 0.2) is 42.0 Å². The average Bonchev–Trinajstić information content (AvgIpc) is 3.16. The quantitative estimate of drug-likeness (QED) is 0.631. The van der Waals surface area contributed by atoms with E-state index in [-0.39, 0.29) is 19.1 Å². The largest absolute Gasteiger partial charge is 0.459 e. The maximum atomic E-state index is 12.5. The van der Waals surface area contributed by atoms with E-state index in [9.17, 15) is 15.0 Å². The van der Waals surface area contributed by atoms with Crippen LogP contribution in [0.2, 0.25) is 0 Å². The average molecular weight is 317 g/mol. The summed E-state index contributed by atoms with van der Waals surface area (Å²) in [5, 5.41) is 20.8. The summed E-state index contributed by atoms with van der Waals surface area (Å²) in [7, 11) is 0. The second kappa shape index (κ2) is 6.43. The van der Waals surface area contributed by atoms with Crippen LogP contribution in [-0.4, -0.2) is 52.9 Å². The Labute approximate surface area is 136 Å². The highest BCUT2D eigenvalue weighted by atomic mass is 16.5. The van der Waals surface area contributed by atoms with Crippen molar-refractivity contribution in [3.63, 3.8) is 0 Å². The van der Waals surface area contributed by atoms with E-state index in [2.05, 4.69) is 4.90 Å². The van der Waals surface area contributed by atoms with Crippen LogP contribution in [0.25, 0.3) is 0 Å². The number of nitrogens with zero attached hydrogens (tertiary/aromatic N) is 1. The van der Waals surface area contributed by atoms with E-state index in [1.165, 1.54) is 0 Å². The second-order valence-electron chi connectivity index (χ2n) is 6.23. The topological polar surface area (TPSA) is 70.0 Å². The molecule has 2 N–H and O–H groups in total. The molecule has 2 heterocycles. The summed E-state index contributed by atoms with van der Waals surface area (Å²) in [5.41, 5.74) is -0.167. The molecular weight excluding hydrogens is 294 g/mol. The third-order valence-corrected chi connectivity index (χ3v) is 4.91. The molecule has 124 valence electrons. The first-order chi connectivity index (χ1) is 11.1. The number of hydrogen-bond donors (Lipinski definition) is 2. The van der Waals surface area contributed by atoms with Crippen LogP contribution in [0.5, 0.6) is 0 Å². The molecule has 0 aromatic heterocycles. The summed E-state index contributed by atoms with van der Waals surface area (Å²) in [6.07, 6.45) is 2.60. The van der Waals surface area contributed by atoms with Crippen LogP contribution in [0.1, 0.15) is 25.3 Å². The number of rotatable bonds is 5. The number of carbonyl (C=O) groups is 1. The normalized spacial score (nSPS) is 26.5. The minimum Gasteiger partial charge on any atom is -0.459 e. The van der Waals surface area contributed by atoms with Gasteiger partial charge in [0.2, 0.25) is 0 Å². The minimum atomic E-state index is -1.63. The van der Waals surface area contributed by atoms with Crippen molar-refractivity contribution in [3.05, 3.63) is 47.5 Å². The van der Waals surface area contributed by atoms with Crippen molar-refractivity contribution in [3.8, 4) is 0 Å². The summed E-state index contributed by atoms with van der Waals surface area (Å²) in [6, 6.07) is 8.81. The number of benzene rings is 1. The van der Waals surface area contributed by atoms with Gasteiger partial charge in [0.25, 0.3) is 0 Å². The van der Waals surface area contributed by atoms with E-state index in [0.29, 0.717) is 5.56 Å². The van der Waals surface area contributed by atoms with Crippen molar-refractivity contribution in [1.29, 1.82) is 0 Å². The van der Waals surface area contributed by atoms with Gasteiger partial charge >= 0.3 is 5.97 Å². The van der Waals surface area contributed by atoms with E-state index < -0.39 is 17.7 Å². The van der Waals surface area contributed by atoms with Crippen LogP contribution in [0, 0.1) is 0 Å². The van der Waals surface area contributed by atoms with E-state index in [1.54, 1.807) is 31.2 Å². The number of fused-ring (bicyclic) bond motifs is 1. The van der Waals surface area contributed by atoms with Gasteiger partial charge in [-0.3, -0.25) is 4.90 Å². The Bertz CT molecular complexity index is 600. The maximum absolute atomic E-state index is 12.5. The Balaban J connectivity index is 1.67. The second-order valence-corrected chi connectivity index (χ2v) is 6.23. The summed E-state index contributed by atoms with van der Waals surface area (Å²) in [5.74, 6) is -0.641. The van der Waals surface area contributed by atoms with E-state index in [4.69, 9.17) is 4.74 Å². The molecule has 0 spiro atoms. The molecule has 5 nitrogen and oxygen atoms in total. The van der Waals surface area contributed by atoms with Crippen molar-refractivity contribution in [1.82, 2.24) is 4.90 Å². The van der Waals surface area contributed by atoms with Gasteiger partial charge in [0.05, 0.1) is 12.1 Å². The third kappa shape index (κ3) is 2.92. The number of aliphatic hydroxyl groups is 2. The molecule has 23 heavy (non-hydrogen) atoms. The molecule has 3 atom stereocenters. The lowest BCUT2D eigenvalue weighted by Gasteiger charge is -2.26. The molecule has 0 amide bonds. The van der Waals surface area contributed by atoms with Crippen molar-refractivity contribution in [2.75, 3.05) is 19.7 Å². The molecule has 3 rings (SSSR count). The van der Waals surface area contributed by atoms with E-state index in [1.807, 2.05) is 12.1 Å². The zero-order valence-electron chi connectivity index (χ0n) is 13.3. The summed E-state index contributed by atoms with van der Waals surface area (Å²) in [4.78, 5) is 14.6. The molecule has 1 fully saturated rings. The van der Waals surface area contributed by atoms with Crippen molar-refractivity contribution >= 4 is 5.97 Å². The van der Waals surface area contributed by atoms with Gasteiger partial charge in [-0.25, -0.2) is 4.79 Å². The molecule has 0 aliphatic carbocycles. The summed E-state index contributed by atoms with van der Waals surface area (Å²) >= 11 is 0. The lowest BCUT2D eigenvalue weighted by molar-refractivity contribution is -0.166. The van der Waals surface area contributed by atoms with Crippen LogP contribution in [0.4, 0.5) is 0 Å². The first-order valence-electron chi connectivity index (χ1n) is 8.12. The highest BCUT2D eigenvalue weighted by Gasteiger charge is 2.41. The highest BCUT2D eigenvalue weighted by Crippen LogP contribution is 2.31. The minimum absolute atomic E-state index is 0.0470. The molecule has 0 saturated carbocycles. The van der Waals surface area contributed by atoms with Crippen molar-refractivity contribution in [2.24, 2.45) is 0 Å². The lowest BCUT2D eigenvalue weighted by atomic mass is 9.91. The van der Waals surface area contributed by atoms with Gasteiger partial charge in [-0.15, -0.1) is 0 Å². The Morgan fingerprint density at radius 1 is 1.39 bits per heavy atom. The van der Waals surface area contributed by atoms with Gasteiger partial charge in [0, 0.05) is 13.1 Å². The van der Waals surface area contributed by atoms with Crippen LogP contribution in [-0.2, 0) is 15.1 Å². The Kier molecular flexibility index (Phi) is 4.53. The molecule has 1 saturated heterocycles. The van der Waals surface area contributed by atoms with Crippen molar-refractivity contribution in [2.45, 2.75) is 37.5 Å². The number of aliphatic hydroxyl groups excluding tert-OH is 1. The van der Waals surface area contributed by atoms with Crippen LogP contribution < -0.4 is 0 Å². The van der Waals surface area contributed by atoms with Gasteiger partial charge in [-0.2, -0.15) is 0 Å². The predicted molar refractivity (Wildman–Crippen MR) is 85.7 cm³/mol. The van der Waals surface area contributed by atoms with Gasteiger partial charge < -0.3 is 14.9 Å². The number of carbonyl (C=O) groups excluding carboxylic acids is 1. The molecule has 2 aliphatic rings. The van der Waals surface area contributed by atoms with Crippen LogP contribution >= 0.6 is 0 Å². The van der Waals surface area contributed by atoms with Crippen LogP contribution in [0.3, 0.4) is 0 Å². The third-order valence-electron chi connectivity index (χ3n) is 4.91. The lowest BCUT2D eigenvalue weighted by Crippen LogP contribution is -2.38. The molecule has 5 heteroatoms. The van der Waals surface area contributed by atoms with Gasteiger partial charge in [-0.05, 0) is 24.0 Å². The number of ether oxygens (including phenoxy) is 1. The van der Waals surface area contributed by atoms with E-state index >= 15 is 0 Å². The Hall–Kier alpha value is -1.69. The molecule has 1 aromatic carbocycles. The summed E-state index contributed by atoms with van der Waals surface area (Å²) < 4.78 is 5.40. The highest BCUT2D eigenvalue weighted by molar-refractivity contribution is 5.81.